The Morgan fingerprint density at radius 2 is 1.85 bits per heavy atom. The Labute approximate surface area is 145 Å². The lowest BCUT2D eigenvalue weighted by Gasteiger charge is -2.07. The zero-order valence-corrected chi connectivity index (χ0v) is 12.9. The number of amides is 1. The summed E-state index contributed by atoms with van der Waals surface area (Å²) < 4.78 is 38.1. The fraction of sp³-hybridized carbons (Fsp3) is 0.0588. The Hall–Kier alpha value is -3.67. The minimum Gasteiger partial charge on any atom is -0.321 e. The molecule has 0 radical (unpaired) electrons. The fourth-order valence-corrected chi connectivity index (χ4v) is 1.98. The smallest absolute Gasteiger partial charge is 0.321 e. The number of nitro groups is 1. The van der Waals surface area contributed by atoms with Gasteiger partial charge in [0.25, 0.3) is 11.6 Å². The van der Waals surface area contributed by atoms with E-state index in [1.807, 2.05) is 0 Å². The highest BCUT2D eigenvalue weighted by molar-refractivity contribution is 6.09. The normalized spacial score (nSPS) is 11.5. The van der Waals surface area contributed by atoms with Gasteiger partial charge in [-0.3, -0.25) is 14.9 Å². The van der Waals surface area contributed by atoms with E-state index in [1.54, 1.807) is 6.07 Å². The minimum atomic E-state index is -4.54. The molecule has 132 valence electrons. The summed E-state index contributed by atoms with van der Waals surface area (Å²) in [5, 5.41) is 22.0. The van der Waals surface area contributed by atoms with Gasteiger partial charge in [0.15, 0.2) is 0 Å². The molecule has 2 aromatic carbocycles. The number of hydrogen-bond donors (Lipinski definition) is 1. The highest BCUT2D eigenvalue weighted by Crippen LogP contribution is 2.30. The fourth-order valence-electron chi connectivity index (χ4n) is 1.98. The first-order valence-electron chi connectivity index (χ1n) is 7.05. The highest BCUT2D eigenvalue weighted by atomic mass is 19.4. The summed E-state index contributed by atoms with van der Waals surface area (Å²) in [6, 6.07) is 10.7. The van der Waals surface area contributed by atoms with Gasteiger partial charge in [0.05, 0.1) is 10.5 Å². The summed E-state index contributed by atoms with van der Waals surface area (Å²) in [5.74, 6) is -0.848. The quantitative estimate of drug-likeness (QED) is 0.383. The van der Waals surface area contributed by atoms with E-state index in [0.717, 1.165) is 36.4 Å². The summed E-state index contributed by atoms with van der Waals surface area (Å²) in [5.41, 5.74) is -1.26. The maximum atomic E-state index is 12.7. The highest BCUT2D eigenvalue weighted by Gasteiger charge is 2.30. The molecule has 0 aromatic heterocycles. The zero-order chi connectivity index (χ0) is 19.3. The molecule has 9 heteroatoms. The van der Waals surface area contributed by atoms with Gasteiger partial charge in [-0.2, -0.15) is 18.4 Å². The molecule has 1 N–H and O–H groups in total. The molecule has 26 heavy (non-hydrogen) atoms. The third-order valence-corrected chi connectivity index (χ3v) is 3.23. The molecule has 6 nitrogen and oxygen atoms in total. The molecule has 0 aliphatic heterocycles. The van der Waals surface area contributed by atoms with Gasteiger partial charge >= 0.3 is 6.18 Å². The van der Waals surface area contributed by atoms with Crippen LogP contribution in [0.2, 0.25) is 0 Å². The van der Waals surface area contributed by atoms with Gasteiger partial charge in [-0.15, -0.1) is 0 Å². The van der Waals surface area contributed by atoms with Crippen molar-refractivity contribution in [1.29, 1.82) is 5.26 Å². The molecule has 0 heterocycles. The molecule has 0 aliphatic carbocycles. The number of nitriles is 1. The number of carbonyl (C=O) groups is 1. The van der Waals surface area contributed by atoms with Gasteiger partial charge in [0, 0.05) is 17.8 Å². The second-order valence-electron chi connectivity index (χ2n) is 5.05. The average molecular weight is 361 g/mol. The molecular weight excluding hydrogens is 351 g/mol. The van der Waals surface area contributed by atoms with Crippen LogP contribution in [-0.2, 0) is 11.0 Å². The molecule has 0 fully saturated rings. The Balaban J connectivity index is 2.22. The number of nitrogens with one attached hydrogen (secondary N) is 1. The van der Waals surface area contributed by atoms with Crippen LogP contribution in [0.3, 0.4) is 0 Å². The molecule has 0 unspecified atom stereocenters. The van der Waals surface area contributed by atoms with Crippen molar-refractivity contribution in [3.8, 4) is 6.07 Å². The molecule has 0 aliphatic rings. The van der Waals surface area contributed by atoms with Crippen molar-refractivity contribution >= 4 is 23.4 Å². The van der Waals surface area contributed by atoms with Crippen molar-refractivity contribution in [2.75, 3.05) is 5.32 Å². The van der Waals surface area contributed by atoms with Crippen LogP contribution < -0.4 is 5.32 Å². The molecule has 0 saturated heterocycles. The first-order chi connectivity index (χ1) is 12.2. The summed E-state index contributed by atoms with van der Waals surface area (Å²) in [7, 11) is 0. The summed E-state index contributed by atoms with van der Waals surface area (Å²) >= 11 is 0. The van der Waals surface area contributed by atoms with Crippen molar-refractivity contribution in [2.45, 2.75) is 6.18 Å². The lowest BCUT2D eigenvalue weighted by Crippen LogP contribution is -2.13. The van der Waals surface area contributed by atoms with E-state index in [-0.39, 0.29) is 16.9 Å². The molecule has 2 rings (SSSR count). The van der Waals surface area contributed by atoms with E-state index in [2.05, 4.69) is 5.32 Å². The molecule has 0 bridgehead atoms. The number of nitrogens with zero attached hydrogens (tertiary/aromatic N) is 2. The van der Waals surface area contributed by atoms with Crippen LogP contribution in [-0.4, -0.2) is 10.8 Å². The molecule has 0 saturated carbocycles. The van der Waals surface area contributed by atoms with Crippen LogP contribution in [0.15, 0.2) is 54.1 Å². The van der Waals surface area contributed by atoms with E-state index < -0.39 is 28.1 Å². The van der Waals surface area contributed by atoms with E-state index >= 15 is 0 Å². The van der Waals surface area contributed by atoms with E-state index in [1.165, 1.54) is 18.2 Å². The van der Waals surface area contributed by atoms with Crippen LogP contribution in [0, 0.1) is 21.4 Å². The second kappa shape index (κ2) is 7.48. The number of carbonyl (C=O) groups excluding carboxylic acids is 1. The number of non-ortho nitro benzene ring substituents is 1. The molecule has 2 aromatic rings. The number of rotatable bonds is 4. The van der Waals surface area contributed by atoms with Gasteiger partial charge < -0.3 is 5.32 Å². The van der Waals surface area contributed by atoms with Gasteiger partial charge in [0.2, 0.25) is 0 Å². The summed E-state index contributed by atoms with van der Waals surface area (Å²) in [6.45, 7) is 0. The van der Waals surface area contributed by atoms with Crippen LogP contribution in [0.1, 0.15) is 11.1 Å². The number of halogens is 3. The van der Waals surface area contributed by atoms with Crippen molar-refractivity contribution in [3.05, 3.63) is 75.3 Å². The van der Waals surface area contributed by atoms with Crippen molar-refractivity contribution < 1.29 is 22.9 Å². The first-order valence-corrected chi connectivity index (χ1v) is 7.05. The predicted molar refractivity (Wildman–Crippen MR) is 86.8 cm³/mol. The van der Waals surface area contributed by atoms with Crippen LogP contribution in [0.4, 0.5) is 24.5 Å². The summed E-state index contributed by atoms with van der Waals surface area (Å²) in [6.07, 6.45) is -3.52. The van der Waals surface area contributed by atoms with Gasteiger partial charge in [0.1, 0.15) is 11.6 Å². The van der Waals surface area contributed by atoms with E-state index in [0.29, 0.717) is 0 Å². The zero-order valence-electron chi connectivity index (χ0n) is 12.9. The largest absolute Gasteiger partial charge is 0.416 e. The number of anilines is 1. The summed E-state index contributed by atoms with van der Waals surface area (Å²) in [4.78, 5) is 22.1. The molecular formula is C17H10F3N3O3. The number of nitro benzene ring substituents is 1. The van der Waals surface area contributed by atoms with Gasteiger partial charge in [-0.05, 0) is 35.9 Å². The predicted octanol–water partition coefficient (Wildman–Crippen LogP) is 4.16. The van der Waals surface area contributed by atoms with Crippen molar-refractivity contribution in [2.24, 2.45) is 0 Å². The maximum absolute atomic E-state index is 12.7. The van der Waals surface area contributed by atoms with E-state index in [9.17, 15) is 28.1 Å². The molecule has 1 amide bonds. The van der Waals surface area contributed by atoms with Crippen LogP contribution >= 0.6 is 0 Å². The Bertz CT molecular complexity index is 913. The van der Waals surface area contributed by atoms with Gasteiger partial charge in [-0.1, -0.05) is 12.1 Å². The molecule has 0 atom stereocenters. The molecule has 0 spiro atoms. The average Bonchev–Trinajstić information content (AvgIpc) is 2.59. The lowest BCUT2D eigenvalue weighted by molar-refractivity contribution is -0.384. The third-order valence-electron chi connectivity index (χ3n) is 3.23. The maximum Gasteiger partial charge on any atom is 0.416 e. The van der Waals surface area contributed by atoms with E-state index in [4.69, 9.17) is 5.26 Å². The topological polar surface area (TPSA) is 96.0 Å². The number of benzene rings is 2. The monoisotopic (exact) mass is 361 g/mol. The van der Waals surface area contributed by atoms with Gasteiger partial charge in [-0.25, -0.2) is 0 Å². The second-order valence-corrected chi connectivity index (χ2v) is 5.05. The van der Waals surface area contributed by atoms with Crippen LogP contribution in [0.5, 0.6) is 0 Å². The SMILES string of the molecule is N#C/C(=C\c1cccc(C(F)(F)F)c1)C(=O)Nc1ccc([N+](=O)[O-])cc1. The third kappa shape index (κ3) is 4.67. The Kier molecular flexibility index (Phi) is 5.37. The Morgan fingerprint density at radius 1 is 1.19 bits per heavy atom. The van der Waals surface area contributed by atoms with Crippen LogP contribution in [0.25, 0.3) is 6.08 Å². The Morgan fingerprint density at radius 3 is 2.38 bits per heavy atom. The first kappa shape index (κ1) is 18.7. The number of hydrogen-bond acceptors (Lipinski definition) is 4. The van der Waals surface area contributed by atoms with Crippen molar-refractivity contribution in [3.63, 3.8) is 0 Å². The van der Waals surface area contributed by atoms with Crippen molar-refractivity contribution in [1.82, 2.24) is 0 Å². The number of alkyl halides is 3. The lowest BCUT2D eigenvalue weighted by atomic mass is 10.1. The minimum absolute atomic E-state index is 0.0372. The standard InChI is InChI=1S/C17H10F3N3O3/c18-17(19,20)13-3-1-2-11(9-13)8-12(10-21)16(24)22-14-4-6-15(7-5-14)23(25)26/h1-9H,(H,22,24)/b12-8+.